The van der Waals surface area contributed by atoms with Crippen LogP contribution in [0, 0.1) is 11.3 Å². The number of thiophene rings is 1. The third-order valence-corrected chi connectivity index (χ3v) is 5.39. The highest BCUT2D eigenvalue weighted by Crippen LogP contribution is 2.39. The molecule has 116 valence electrons. The van der Waals surface area contributed by atoms with Gasteiger partial charge in [-0.15, -0.1) is 11.3 Å². The number of nitrogens with one attached hydrogen (secondary N) is 1. The van der Waals surface area contributed by atoms with Gasteiger partial charge in [0.2, 0.25) is 0 Å². The topological polar surface area (TPSA) is 55.4 Å². The van der Waals surface area contributed by atoms with Crippen LogP contribution in [-0.2, 0) is 22.4 Å². The Labute approximate surface area is 129 Å². The van der Waals surface area contributed by atoms with Gasteiger partial charge in [0, 0.05) is 4.88 Å². The number of carbonyl (C=O) groups excluding carboxylic acids is 2. The van der Waals surface area contributed by atoms with Crippen molar-refractivity contribution in [1.82, 2.24) is 5.32 Å². The Hall–Kier alpha value is -1.36. The molecule has 2 rings (SSSR count). The van der Waals surface area contributed by atoms with Crippen molar-refractivity contribution in [2.24, 2.45) is 11.3 Å². The van der Waals surface area contributed by atoms with Gasteiger partial charge in [-0.1, -0.05) is 20.8 Å². The summed E-state index contributed by atoms with van der Waals surface area (Å²) in [6.07, 6.45) is 3.27. The molecule has 4 nitrogen and oxygen atoms in total. The summed E-state index contributed by atoms with van der Waals surface area (Å²) < 4.78 is 4.52. The number of carbonyl (C=O) groups is 2. The van der Waals surface area contributed by atoms with Gasteiger partial charge in [0.15, 0.2) is 0 Å². The average Bonchev–Trinajstić information content (AvgIpc) is 2.86. The van der Waals surface area contributed by atoms with Gasteiger partial charge in [0.25, 0.3) is 5.91 Å². The third-order valence-electron chi connectivity index (χ3n) is 4.15. The molecule has 5 heteroatoms. The molecule has 0 bridgehead atoms. The second-order valence-corrected chi connectivity index (χ2v) is 7.76. The Morgan fingerprint density at radius 3 is 2.76 bits per heavy atom. The van der Waals surface area contributed by atoms with E-state index in [1.807, 2.05) is 6.07 Å². The van der Waals surface area contributed by atoms with E-state index in [-0.39, 0.29) is 12.5 Å². The average molecular weight is 309 g/mol. The van der Waals surface area contributed by atoms with Crippen molar-refractivity contribution in [3.8, 4) is 0 Å². The highest BCUT2D eigenvalue weighted by molar-refractivity contribution is 7.14. The summed E-state index contributed by atoms with van der Waals surface area (Å²) in [5.41, 5.74) is 1.60. The number of hydrogen-bond donors (Lipinski definition) is 1. The molecule has 1 aromatic rings. The first-order valence-corrected chi connectivity index (χ1v) is 8.09. The molecule has 0 aromatic carbocycles. The number of fused-ring (bicyclic) bond motifs is 1. The predicted molar refractivity (Wildman–Crippen MR) is 83.6 cm³/mol. The number of aryl methyl sites for hydroxylation is 1. The van der Waals surface area contributed by atoms with E-state index in [1.165, 1.54) is 24.0 Å². The highest BCUT2D eigenvalue weighted by atomic mass is 32.1. The molecule has 0 fully saturated rings. The zero-order valence-corrected chi connectivity index (χ0v) is 13.9. The first-order chi connectivity index (χ1) is 9.81. The maximum atomic E-state index is 12.1. The van der Waals surface area contributed by atoms with Crippen molar-refractivity contribution >= 4 is 23.2 Å². The SMILES string of the molecule is COC(=O)CNC(=O)c1cc2c(s1)CC[C@@H](C(C)(C)C)C2. The molecule has 0 saturated carbocycles. The largest absolute Gasteiger partial charge is 0.468 e. The number of amides is 1. The lowest BCUT2D eigenvalue weighted by atomic mass is 9.72. The van der Waals surface area contributed by atoms with Gasteiger partial charge in [0.1, 0.15) is 6.54 Å². The minimum Gasteiger partial charge on any atom is -0.468 e. The Bertz CT molecular complexity index is 542. The van der Waals surface area contributed by atoms with Gasteiger partial charge in [-0.05, 0) is 42.2 Å². The van der Waals surface area contributed by atoms with E-state index >= 15 is 0 Å². The Morgan fingerprint density at radius 1 is 1.43 bits per heavy atom. The lowest BCUT2D eigenvalue weighted by Crippen LogP contribution is -2.29. The number of rotatable bonds is 3. The van der Waals surface area contributed by atoms with Gasteiger partial charge >= 0.3 is 5.97 Å². The van der Waals surface area contributed by atoms with Crippen LogP contribution in [0.25, 0.3) is 0 Å². The van der Waals surface area contributed by atoms with E-state index in [4.69, 9.17) is 0 Å². The van der Waals surface area contributed by atoms with Crippen LogP contribution >= 0.6 is 11.3 Å². The van der Waals surface area contributed by atoms with Crippen LogP contribution in [0.1, 0.15) is 47.3 Å². The van der Waals surface area contributed by atoms with E-state index in [0.717, 1.165) is 12.8 Å². The van der Waals surface area contributed by atoms with Crippen molar-refractivity contribution in [1.29, 1.82) is 0 Å². The monoisotopic (exact) mass is 309 g/mol. The van der Waals surface area contributed by atoms with Crippen LogP contribution in [0.3, 0.4) is 0 Å². The van der Waals surface area contributed by atoms with Crippen LogP contribution in [0.4, 0.5) is 0 Å². The molecule has 0 saturated heterocycles. The molecule has 1 heterocycles. The first-order valence-electron chi connectivity index (χ1n) is 7.28. The van der Waals surface area contributed by atoms with Crippen molar-refractivity contribution in [3.05, 3.63) is 21.4 Å². The lowest BCUT2D eigenvalue weighted by Gasteiger charge is -2.33. The van der Waals surface area contributed by atoms with Gasteiger partial charge in [0.05, 0.1) is 12.0 Å². The fourth-order valence-corrected chi connectivity index (χ4v) is 3.81. The molecule has 1 aromatic heterocycles. The van der Waals surface area contributed by atoms with E-state index in [2.05, 4.69) is 30.8 Å². The maximum Gasteiger partial charge on any atom is 0.325 e. The summed E-state index contributed by atoms with van der Waals surface area (Å²) in [5.74, 6) is 0.0372. The fraction of sp³-hybridized carbons (Fsp3) is 0.625. The number of ether oxygens (including phenoxy) is 1. The van der Waals surface area contributed by atoms with Crippen LogP contribution in [-0.4, -0.2) is 25.5 Å². The minimum atomic E-state index is -0.433. The van der Waals surface area contributed by atoms with Gasteiger partial charge in [-0.25, -0.2) is 0 Å². The zero-order chi connectivity index (χ0) is 15.6. The Balaban J connectivity index is 2.04. The van der Waals surface area contributed by atoms with Crippen molar-refractivity contribution < 1.29 is 14.3 Å². The second kappa shape index (κ2) is 6.18. The molecule has 1 aliphatic rings. The smallest absolute Gasteiger partial charge is 0.325 e. The molecule has 0 radical (unpaired) electrons. The molecule has 1 aliphatic carbocycles. The Morgan fingerprint density at radius 2 is 2.14 bits per heavy atom. The third kappa shape index (κ3) is 3.84. The fourth-order valence-electron chi connectivity index (χ4n) is 2.69. The molecular formula is C16H23NO3S. The van der Waals surface area contributed by atoms with Crippen molar-refractivity contribution in [3.63, 3.8) is 0 Å². The summed E-state index contributed by atoms with van der Waals surface area (Å²) in [6, 6.07) is 1.99. The summed E-state index contributed by atoms with van der Waals surface area (Å²) in [4.78, 5) is 25.1. The van der Waals surface area contributed by atoms with E-state index in [1.54, 1.807) is 11.3 Å². The molecule has 1 atom stereocenters. The van der Waals surface area contributed by atoms with E-state index in [0.29, 0.717) is 16.2 Å². The minimum absolute atomic E-state index is 0.0808. The molecule has 0 aliphatic heterocycles. The van der Waals surface area contributed by atoms with Gasteiger partial charge in [-0.3, -0.25) is 9.59 Å². The normalized spacial score (nSPS) is 18.0. The maximum absolute atomic E-state index is 12.1. The summed E-state index contributed by atoms with van der Waals surface area (Å²) in [6.45, 7) is 6.75. The van der Waals surface area contributed by atoms with Crippen molar-refractivity contribution in [2.45, 2.75) is 40.0 Å². The van der Waals surface area contributed by atoms with E-state index in [9.17, 15) is 9.59 Å². The molecule has 0 unspecified atom stereocenters. The van der Waals surface area contributed by atoms with Crippen LogP contribution in [0.15, 0.2) is 6.07 Å². The number of hydrogen-bond acceptors (Lipinski definition) is 4. The predicted octanol–water partition coefficient (Wildman–Crippen LogP) is 2.80. The van der Waals surface area contributed by atoms with Gasteiger partial charge in [-0.2, -0.15) is 0 Å². The molecule has 1 N–H and O–H groups in total. The molecular weight excluding hydrogens is 286 g/mol. The molecule has 21 heavy (non-hydrogen) atoms. The quantitative estimate of drug-likeness (QED) is 0.874. The Kier molecular flexibility index (Phi) is 4.71. The molecule has 1 amide bonds. The van der Waals surface area contributed by atoms with E-state index < -0.39 is 5.97 Å². The summed E-state index contributed by atoms with van der Waals surface area (Å²) in [7, 11) is 1.31. The first kappa shape index (κ1) is 16.0. The lowest BCUT2D eigenvalue weighted by molar-refractivity contribution is -0.139. The standard InChI is InChI=1S/C16H23NO3S/c1-16(2,3)11-5-6-12-10(7-11)8-13(21-12)15(19)17-9-14(18)20-4/h8,11H,5-7,9H2,1-4H3,(H,17,19)/t11-/m1/s1. The zero-order valence-electron chi connectivity index (χ0n) is 13.1. The second-order valence-electron chi connectivity index (χ2n) is 6.62. The summed E-state index contributed by atoms with van der Waals surface area (Å²) >= 11 is 1.55. The van der Waals surface area contributed by atoms with Crippen LogP contribution < -0.4 is 5.32 Å². The number of esters is 1. The van der Waals surface area contributed by atoms with Crippen LogP contribution in [0.5, 0.6) is 0 Å². The molecule has 0 spiro atoms. The van der Waals surface area contributed by atoms with Crippen LogP contribution in [0.2, 0.25) is 0 Å². The van der Waals surface area contributed by atoms with Gasteiger partial charge < -0.3 is 10.1 Å². The van der Waals surface area contributed by atoms with Crippen molar-refractivity contribution in [2.75, 3.05) is 13.7 Å². The number of methoxy groups -OCH3 is 1. The highest BCUT2D eigenvalue weighted by Gasteiger charge is 2.30. The summed E-state index contributed by atoms with van der Waals surface area (Å²) in [5, 5.41) is 2.60.